The first-order valence-electron chi connectivity index (χ1n) is 7.88. The Kier molecular flexibility index (Phi) is 5.60. The van der Waals surface area contributed by atoms with Gasteiger partial charge in [-0.2, -0.15) is 0 Å². The third-order valence-electron chi connectivity index (χ3n) is 4.00. The maximum atomic E-state index is 13.1. The van der Waals surface area contributed by atoms with Crippen LogP contribution in [0.2, 0.25) is 5.15 Å². The lowest BCUT2D eigenvalue weighted by molar-refractivity contribution is 0.0678. The van der Waals surface area contributed by atoms with Gasteiger partial charge in [0.2, 0.25) is 0 Å². The van der Waals surface area contributed by atoms with Gasteiger partial charge in [0, 0.05) is 32.4 Å². The maximum Gasteiger partial charge on any atom is 0.129 e. The zero-order chi connectivity index (χ0) is 16.1. The summed E-state index contributed by atoms with van der Waals surface area (Å²) in [7, 11) is 0. The van der Waals surface area contributed by atoms with Crippen molar-refractivity contribution in [2.45, 2.75) is 32.0 Å². The van der Waals surface area contributed by atoms with Gasteiger partial charge in [0.15, 0.2) is 0 Å². The first-order valence-corrected chi connectivity index (χ1v) is 8.26. The molecule has 1 unspecified atom stereocenters. The fourth-order valence-corrected chi connectivity index (χ4v) is 2.98. The Hall–Kier alpha value is -1.49. The van der Waals surface area contributed by atoms with Gasteiger partial charge in [-0.25, -0.2) is 9.37 Å². The first-order chi connectivity index (χ1) is 11.2. The fraction of sp³-hybridized carbons (Fsp3) is 0.389. The summed E-state index contributed by atoms with van der Waals surface area (Å²) in [4.78, 5) is 6.45. The molecule has 23 heavy (non-hydrogen) atoms. The predicted octanol–water partition coefficient (Wildman–Crippen LogP) is 4.06. The van der Waals surface area contributed by atoms with E-state index in [2.05, 4.69) is 9.88 Å². The van der Waals surface area contributed by atoms with Crippen LogP contribution in [0.25, 0.3) is 0 Å². The summed E-state index contributed by atoms with van der Waals surface area (Å²) < 4.78 is 18.8. The van der Waals surface area contributed by atoms with Crippen LogP contribution in [-0.2, 0) is 17.8 Å². The Morgan fingerprint density at radius 2 is 1.87 bits per heavy atom. The molecule has 1 saturated heterocycles. The van der Waals surface area contributed by atoms with Crippen molar-refractivity contribution in [2.24, 2.45) is 0 Å². The molecule has 1 aliphatic heterocycles. The van der Waals surface area contributed by atoms with Crippen LogP contribution in [-0.4, -0.2) is 29.1 Å². The Morgan fingerprint density at radius 1 is 1.13 bits per heavy atom. The minimum Gasteiger partial charge on any atom is -0.377 e. The molecule has 3 nitrogen and oxygen atoms in total. The summed E-state index contributed by atoms with van der Waals surface area (Å²) in [5, 5.41) is 0.498. The lowest BCUT2D eigenvalue weighted by Crippen LogP contribution is -2.31. The van der Waals surface area contributed by atoms with Gasteiger partial charge in [-0.3, -0.25) is 4.90 Å². The second-order valence-corrected chi connectivity index (χ2v) is 6.31. The standard InChI is InChI=1S/C18H20ClFN2O/c19-18-8-5-15(10-21-18)12-22(13-17-2-1-9-23-17)11-14-3-6-16(20)7-4-14/h3-8,10,17H,1-2,9,11-13H2. The quantitative estimate of drug-likeness (QED) is 0.745. The van der Waals surface area contributed by atoms with Gasteiger partial charge in [-0.05, 0) is 42.2 Å². The molecule has 122 valence electrons. The van der Waals surface area contributed by atoms with Crippen LogP contribution in [0.3, 0.4) is 0 Å². The van der Waals surface area contributed by atoms with Crippen molar-refractivity contribution in [2.75, 3.05) is 13.2 Å². The van der Waals surface area contributed by atoms with Gasteiger partial charge in [0.25, 0.3) is 0 Å². The Balaban J connectivity index is 1.69. The highest BCUT2D eigenvalue weighted by Gasteiger charge is 2.19. The van der Waals surface area contributed by atoms with Gasteiger partial charge >= 0.3 is 0 Å². The number of aromatic nitrogens is 1. The number of benzene rings is 1. The molecule has 1 aromatic heterocycles. The number of hydrogen-bond acceptors (Lipinski definition) is 3. The van der Waals surface area contributed by atoms with Crippen LogP contribution in [0.5, 0.6) is 0 Å². The molecule has 1 aromatic carbocycles. The van der Waals surface area contributed by atoms with E-state index in [-0.39, 0.29) is 11.9 Å². The van der Waals surface area contributed by atoms with Gasteiger partial charge in [0.1, 0.15) is 11.0 Å². The number of ether oxygens (including phenoxy) is 1. The third-order valence-corrected chi connectivity index (χ3v) is 4.22. The summed E-state index contributed by atoms with van der Waals surface area (Å²) in [6.07, 6.45) is 4.29. The van der Waals surface area contributed by atoms with Gasteiger partial charge in [-0.15, -0.1) is 0 Å². The van der Waals surface area contributed by atoms with Crippen LogP contribution in [0.15, 0.2) is 42.6 Å². The maximum absolute atomic E-state index is 13.1. The second kappa shape index (κ2) is 7.86. The molecule has 1 atom stereocenters. The van der Waals surface area contributed by atoms with Crippen molar-refractivity contribution in [3.05, 3.63) is 64.7 Å². The van der Waals surface area contributed by atoms with E-state index in [9.17, 15) is 4.39 Å². The number of pyridine rings is 1. The van der Waals surface area contributed by atoms with Crippen LogP contribution < -0.4 is 0 Å². The minimum absolute atomic E-state index is 0.207. The van der Waals surface area contributed by atoms with E-state index in [1.165, 1.54) is 12.1 Å². The van der Waals surface area contributed by atoms with Crippen molar-refractivity contribution >= 4 is 11.6 Å². The van der Waals surface area contributed by atoms with Crippen LogP contribution >= 0.6 is 11.6 Å². The number of hydrogen-bond donors (Lipinski definition) is 0. The third kappa shape index (κ3) is 4.99. The molecule has 1 fully saturated rings. The Bertz CT molecular complexity index is 564. The molecule has 3 rings (SSSR count). The highest BCUT2D eigenvalue weighted by Crippen LogP contribution is 2.18. The molecule has 0 saturated carbocycles. The molecule has 0 aliphatic carbocycles. The highest BCUT2D eigenvalue weighted by atomic mass is 35.5. The summed E-state index contributed by atoms with van der Waals surface area (Å²) >= 11 is 5.85. The highest BCUT2D eigenvalue weighted by molar-refractivity contribution is 6.29. The lowest BCUT2D eigenvalue weighted by Gasteiger charge is -2.25. The van der Waals surface area contributed by atoms with E-state index >= 15 is 0 Å². The van der Waals surface area contributed by atoms with Crippen molar-refractivity contribution in [1.82, 2.24) is 9.88 Å². The minimum atomic E-state index is -0.207. The van der Waals surface area contributed by atoms with Crippen molar-refractivity contribution in [3.8, 4) is 0 Å². The predicted molar refractivity (Wildman–Crippen MR) is 88.7 cm³/mol. The Labute approximate surface area is 141 Å². The topological polar surface area (TPSA) is 25.4 Å². The Morgan fingerprint density at radius 3 is 2.52 bits per heavy atom. The monoisotopic (exact) mass is 334 g/mol. The molecular weight excluding hydrogens is 315 g/mol. The summed E-state index contributed by atoms with van der Waals surface area (Å²) in [6.45, 7) is 3.22. The SMILES string of the molecule is Fc1ccc(CN(Cc2ccc(Cl)nc2)CC2CCCO2)cc1. The molecule has 0 N–H and O–H groups in total. The fourth-order valence-electron chi connectivity index (χ4n) is 2.87. The second-order valence-electron chi connectivity index (χ2n) is 5.92. The zero-order valence-corrected chi connectivity index (χ0v) is 13.7. The van der Waals surface area contributed by atoms with E-state index < -0.39 is 0 Å². The molecule has 0 spiro atoms. The van der Waals surface area contributed by atoms with E-state index in [1.54, 1.807) is 12.3 Å². The van der Waals surface area contributed by atoms with Gasteiger partial charge in [-0.1, -0.05) is 29.8 Å². The molecular formula is C18H20ClFN2O. The average Bonchev–Trinajstić information content (AvgIpc) is 3.05. The molecule has 5 heteroatoms. The number of rotatable bonds is 6. The van der Waals surface area contributed by atoms with E-state index in [0.29, 0.717) is 5.15 Å². The largest absolute Gasteiger partial charge is 0.377 e. The average molecular weight is 335 g/mol. The molecule has 1 aliphatic rings. The normalized spacial score (nSPS) is 17.8. The van der Waals surface area contributed by atoms with Crippen molar-refractivity contribution in [3.63, 3.8) is 0 Å². The van der Waals surface area contributed by atoms with E-state index in [4.69, 9.17) is 16.3 Å². The number of halogens is 2. The molecule has 0 radical (unpaired) electrons. The van der Waals surface area contributed by atoms with E-state index in [1.807, 2.05) is 18.2 Å². The van der Waals surface area contributed by atoms with Crippen LogP contribution in [0.1, 0.15) is 24.0 Å². The summed E-state index contributed by atoms with van der Waals surface area (Å²) in [6, 6.07) is 10.5. The van der Waals surface area contributed by atoms with Crippen molar-refractivity contribution < 1.29 is 9.13 Å². The lowest BCUT2D eigenvalue weighted by atomic mass is 10.1. The smallest absolute Gasteiger partial charge is 0.129 e. The molecule has 0 amide bonds. The van der Waals surface area contributed by atoms with Gasteiger partial charge < -0.3 is 4.74 Å². The van der Waals surface area contributed by atoms with Gasteiger partial charge in [0.05, 0.1) is 6.10 Å². The van der Waals surface area contributed by atoms with Crippen LogP contribution in [0.4, 0.5) is 4.39 Å². The molecule has 2 heterocycles. The summed E-state index contributed by atoms with van der Waals surface area (Å²) in [5.41, 5.74) is 2.20. The zero-order valence-electron chi connectivity index (χ0n) is 12.9. The first kappa shape index (κ1) is 16.4. The summed E-state index contributed by atoms with van der Waals surface area (Å²) in [5.74, 6) is -0.207. The van der Waals surface area contributed by atoms with Crippen LogP contribution in [0, 0.1) is 5.82 Å². The molecule has 2 aromatic rings. The molecule has 0 bridgehead atoms. The van der Waals surface area contributed by atoms with E-state index in [0.717, 1.165) is 50.2 Å². The van der Waals surface area contributed by atoms with Crippen molar-refractivity contribution in [1.29, 1.82) is 0 Å². The number of nitrogens with zero attached hydrogens (tertiary/aromatic N) is 2.